The topological polar surface area (TPSA) is 21.3 Å². The fourth-order valence-corrected chi connectivity index (χ4v) is 2.07. The minimum Gasteiger partial charge on any atom is -0.379 e. The highest BCUT2D eigenvalue weighted by molar-refractivity contribution is 6.30. The molecule has 0 spiro atoms. The predicted molar refractivity (Wildman–Crippen MR) is 57.9 cm³/mol. The lowest BCUT2D eigenvalue weighted by molar-refractivity contribution is -0.0582. The van der Waals surface area contributed by atoms with Gasteiger partial charge in [0.2, 0.25) is 0 Å². The van der Waals surface area contributed by atoms with Crippen LogP contribution in [0.15, 0.2) is 24.3 Å². The Morgan fingerprint density at radius 2 is 2.29 bits per heavy atom. The standard InChI is InChI=1S/C11H14ClNO/c1-13-6-11(7-14-8-11)9-3-2-4-10(12)5-9/h2-5,13H,6-8H2,1H3. The first-order valence-electron chi connectivity index (χ1n) is 4.75. The molecule has 0 amide bonds. The van der Waals surface area contributed by atoms with Crippen LogP contribution < -0.4 is 5.32 Å². The van der Waals surface area contributed by atoms with Crippen molar-refractivity contribution >= 4 is 11.6 Å². The van der Waals surface area contributed by atoms with Crippen LogP contribution in [0.1, 0.15) is 5.56 Å². The van der Waals surface area contributed by atoms with E-state index in [-0.39, 0.29) is 5.41 Å². The van der Waals surface area contributed by atoms with Crippen molar-refractivity contribution in [2.24, 2.45) is 0 Å². The monoisotopic (exact) mass is 211 g/mol. The van der Waals surface area contributed by atoms with Crippen molar-refractivity contribution < 1.29 is 4.74 Å². The Kier molecular flexibility index (Phi) is 2.77. The average Bonchev–Trinajstić information content (AvgIpc) is 2.11. The maximum Gasteiger partial charge on any atom is 0.0598 e. The van der Waals surface area contributed by atoms with Gasteiger partial charge in [-0.1, -0.05) is 23.7 Å². The zero-order valence-corrected chi connectivity index (χ0v) is 8.97. The third kappa shape index (κ3) is 1.65. The predicted octanol–water partition coefficient (Wildman–Crippen LogP) is 1.83. The van der Waals surface area contributed by atoms with Crippen LogP contribution >= 0.6 is 11.6 Å². The number of hydrogen-bond donors (Lipinski definition) is 1. The average molecular weight is 212 g/mol. The van der Waals surface area contributed by atoms with E-state index in [0.29, 0.717) is 0 Å². The number of rotatable bonds is 3. The molecule has 1 aromatic rings. The molecule has 1 N–H and O–H groups in total. The number of hydrogen-bond acceptors (Lipinski definition) is 2. The molecular formula is C11H14ClNO. The Balaban J connectivity index is 2.27. The third-order valence-electron chi connectivity index (χ3n) is 2.71. The lowest BCUT2D eigenvalue weighted by Crippen LogP contribution is -2.52. The molecule has 0 aromatic heterocycles. The SMILES string of the molecule is CNCC1(c2cccc(Cl)c2)COC1. The molecule has 1 aromatic carbocycles. The minimum atomic E-state index is 0.139. The number of likely N-dealkylation sites (N-methyl/N-ethyl adjacent to an activating group) is 1. The van der Waals surface area contributed by atoms with E-state index < -0.39 is 0 Å². The molecule has 0 saturated carbocycles. The lowest BCUT2D eigenvalue weighted by Gasteiger charge is -2.42. The zero-order chi connectivity index (χ0) is 10.0. The van der Waals surface area contributed by atoms with Crippen molar-refractivity contribution in [3.8, 4) is 0 Å². The minimum absolute atomic E-state index is 0.139. The van der Waals surface area contributed by atoms with Crippen LogP contribution in [0.2, 0.25) is 5.02 Å². The smallest absolute Gasteiger partial charge is 0.0598 e. The van der Waals surface area contributed by atoms with Crippen LogP contribution in [-0.4, -0.2) is 26.8 Å². The molecule has 1 saturated heterocycles. The van der Waals surface area contributed by atoms with Gasteiger partial charge >= 0.3 is 0 Å². The summed E-state index contributed by atoms with van der Waals surface area (Å²) >= 11 is 5.97. The number of halogens is 1. The number of benzene rings is 1. The molecule has 0 atom stereocenters. The maximum absolute atomic E-state index is 5.97. The van der Waals surface area contributed by atoms with Crippen molar-refractivity contribution in [2.45, 2.75) is 5.41 Å². The molecular weight excluding hydrogens is 198 g/mol. The van der Waals surface area contributed by atoms with E-state index >= 15 is 0 Å². The molecule has 1 fully saturated rings. The zero-order valence-electron chi connectivity index (χ0n) is 8.22. The van der Waals surface area contributed by atoms with Crippen molar-refractivity contribution in [1.82, 2.24) is 5.32 Å². The summed E-state index contributed by atoms with van der Waals surface area (Å²) in [6.07, 6.45) is 0. The van der Waals surface area contributed by atoms with Crippen LogP contribution in [0.4, 0.5) is 0 Å². The number of nitrogens with one attached hydrogen (secondary N) is 1. The third-order valence-corrected chi connectivity index (χ3v) is 2.94. The molecule has 3 heteroatoms. The summed E-state index contributed by atoms with van der Waals surface area (Å²) in [6.45, 7) is 2.51. The van der Waals surface area contributed by atoms with Gasteiger partial charge in [-0.25, -0.2) is 0 Å². The summed E-state index contributed by atoms with van der Waals surface area (Å²) in [7, 11) is 1.96. The van der Waals surface area contributed by atoms with Gasteiger partial charge in [-0.05, 0) is 24.7 Å². The molecule has 2 rings (SSSR count). The van der Waals surface area contributed by atoms with Crippen molar-refractivity contribution in [2.75, 3.05) is 26.8 Å². The highest BCUT2D eigenvalue weighted by Gasteiger charge is 2.39. The van der Waals surface area contributed by atoms with Gasteiger partial charge < -0.3 is 10.1 Å². The van der Waals surface area contributed by atoms with Crippen LogP contribution in [0, 0.1) is 0 Å². The van der Waals surface area contributed by atoms with E-state index in [1.165, 1.54) is 5.56 Å². The van der Waals surface area contributed by atoms with Crippen molar-refractivity contribution in [1.29, 1.82) is 0 Å². The van der Waals surface area contributed by atoms with Crippen LogP contribution in [0.3, 0.4) is 0 Å². The Labute approximate surface area is 89.2 Å². The van der Waals surface area contributed by atoms with Gasteiger partial charge in [0.05, 0.1) is 18.6 Å². The van der Waals surface area contributed by atoms with E-state index in [0.717, 1.165) is 24.8 Å². The molecule has 1 aliphatic rings. The van der Waals surface area contributed by atoms with Crippen LogP contribution in [0.5, 0.6) is 0 Å². The summed E-state index contributed by atoms with van der Waals surface area (Å²) in [5.41, 5.74) is 1.41. The molecule has 76 valence electrons. The second-order valence-corrected chi connectivity index (χ2v) is 4.25. The van der Waals surface area contributed by atoms with E-state index in [4.69, 9.17) is 16.3 Å². The second kappa shape index (κ2) is 3.89. The molecule has 1 aliphatic heterocycles. The van der Waals surface area contributed by atoms with Crippen molar-refractivity contribution in [3.63, 3.8) is 0 Å². The quantitative estimate of drug-likeness (QED) is 0.824. The van der Waals surface area contributed by atoms with Gasteiger partial charge in [0, 0.05) is 11.6 Å². The summed E-state index contributed by atoms with van der Waals surface area (Å²) in [5.74, 6) is 0. The van der Waals surface area contributed by atoms with Crippen LogP contribution in [0.25, 0.3) is 0 Å². The van der Waals surface area contributed by atoms with E-state index in [9.17, 15) is 0 Å². The van der Waals surface area contributed by atoms with E-state index in [1.807, 2.05) is 25.2 Å². The second-order valence-electron chi connectivity index (χ2n) is 3.81. The van der Waals surface area contributed by atoms with Gasteiger partial charge in [0.25, 0.3) is 0 Å². The summed E-state index contributed by atoms with van der Waals surface area (Å²) in [6, 6.07) is 8.04. The summed E-state index contributed by atoms with van der Waals surface area (Å²) in [5, 5.41) is 4.00. The Morgan fingerprint density at radius 1 is 1.50 bits per heavy atom. The van der Waals surface area contributed by atoms with E-state index in [1.54, 1.807) is 0 Å². The van der Waals surface area contributed by atoms with Gasteiger partial charge in [0.1, 0.15) is 0 Å². The first-order chi connectivity index (χ1) is 6.77. The summed E-state index contributed by atoms with van der Waals surface area (Å²) in [4.78, 5) is 0. The molecule has 14 heavy (non-hydrogen) atoms. The Bertz CT molecular complexity index is 323. The lowest BCUT2D eigenvalue weighted by atomic mass is 9.78. The Hall–Kier alpha value is -0.570. The first-order valence-corrected chi connectivity index (χ1v) is 5.13. The molecule has 0 aliphatic carbocycles. The molecule has 1 heterocycles. The van der Waals surface area contributed by atoms with Gasteiger partial charge in [-0.2, -0.15) is 0 Å². The number of ether oxygens (including phenoxy) is 1. The van der Waals surface area contributed by atoms with Crippen molar-refractivity contribution in [3.05, 3.63) is 34.9 Å². The van der Waals surface area contributed by atoms with Crippen LogP contribution in [-0.2, 0) is 10.2 Å². The highest BCUT2D eigenvalue weighted by atomic mass is 35.5. The van der Waals surface area contributed by atoms with Gasteiger partial charge in [0.15, 0.2) is 0 Å². The molecule has 0 radical (unpaired) electrons. The van der Waals surface area contributed by atoms with Gasteiger partial charge in [-0.3, -0.25) is 0 Å². The largest absolute Gasteiger partial charge is 0.379 e. The fraction of sp³-hybridized carbons (Fsp3) is 0.455. The maximum atomic E-state index is 5.97. The highest BCUT2D eigenvalue weighted by Crippen LogP contribution is 2.32. The normalized spacial score (nSPS) is 19.0. The van der Waals surface area contributed by atoms with Gasteiger partial charge in [-0.15, -0.1) is 0 Å². The Morgan fingerprint density at radius 3 is 2.79 bits per heavy atom. The first kappa shape index (κ1) is 9.97. The summed E-state index contributed by atoms with van der Waals surface area (Å²) < 4.78 is 5.30. The fourth-order valence-electron chi connectivity index (χ4n) is 1.88. The molecule has 2 nitrogen and oxygen atoms in total. The molecule has 0 unspecified atom stereocenters. The van der Waals surface area contributed by atoms with E-state index in [2.05, 4.69) is 11.4 Å². The molecule has 0 bridgehead atoms.